The molecule has 0 aliphatic heterocycles. The number of rotatable bonds is 4. The Hall–Kier alpha value is -1.85. The molecule has 0 amide bonds. The predicted octanol–water partition coefficient (Wildman–Crippen LogP) is -0.336. The molecule has 1 aromatic heterocycles. The fourth-order valence-electron chi connectivity index (χ4n) is 0.908. The zero-order chi connectivity index (χ0) is 9.84. The highest BCUT2D eigenvalue weighted by Crippen LogP contribution is 2.01. The van der Waals surface area contributed by atoms with Crippen LogP contribution in [0, 0.1) is 0 Å². The van der Waals surface area contributed by atoms with Gasteiger partial charge in [0.15, 0.2) is 0 Å². The van der Waals surface area contributed by atoms with Crippen LogP contribution in [0.15, 0.2) is 6.07 Å². The Bertz CT molecular complexity index is 300. The van der Waals surface area contributed by atoms with E-state index in [-0.39, 0.29) is 12.8 Å². The molecular formula is C7H8N2O4. The van der Waals surface area contributed by atoms with Crippen LogP contribution in [0.5, 0.6) is 0 Å². The molecule has 70 valence electrons. The van der Waals surface area contributed by atoms with Gasteiger partial charge < -0.3 is 10.2 Å². The van der Waals surface area contributed by atoms with Gasteiger partial charge in [-0.3, -0.25) is 14.7 Å². The molecule has 0 aliphatic carbocycles. The second-order valence-electron chi connectivity index (χ2n) is 2.53. The summed E-state index contributed by atoms with van der Waals surface area (Å²) in [6, 6.07) is 1.43. The first-order valence-electron chi connectivity index (χ1n) is 3.54. The molecule has 0 unspecified atom stereocenters. The van der Waals surface area contributed by atoms with Crippen LogP contribution in [0.2, 0.25) is 0 Å². The maximum Gasteiger partial charge on any atom is 0.309 e. The summed E-state index contributed by atoms with van der Waals surface area (Å²) in [5, 5.41) is 22.9. The Morgan fingerprint density at radius 3 is 2.46 bits per heavy atom. The van der Waals surface area contributed by atoms with Crippen molar-refractivity contribution < 1.29 is 19.8 Å². The largest absolute Gasteiger partial charge is 0.481 e. The van der Waals surface area contributed by atoms with Gasteiger partial charge in [-0.25, -0.2) is 0 Å². The molecule has 0 aliphatic rings. The predicted molar refractivity (Wildman–Crippen MR) is 41.3 cm³/mol. The van der Waals surface area contributed by atoms with Crippen LogP contribution in [-0.4, -0.2) is 32.3 Å². The van der Waals surface area contributed by atoms with Gasteiger partial charge >= 0.3 is 11.9 Å². The molecule has 1 heterocycles. The molecule has 0 fully saturated rings. The van der Waals surface area contributed by atoms with Crippen molar-refractivity contribution >= 4 is 11.9 Å². The van der Waals surface area contributed by atoms with E-state index in [1.54, 1.807) is 0 Å². The Morgan fingerprint density at radius 1 is 1.31 bits per heavy atom. The summed E-state index contributed by atoms with van der Waals surface area (Å²) in [5.41, 5.74) is 0.743. The van der Waals surface area contributed by atoms with Crippen LogP contribution in [0.1, 0.15) is 11.4 Å². The fraction of sp³-hybridized carbons (Fsp3) is 0.286. The van der Waals surface area contributed by atoms with Gasteiger partial charge in [0.2, 0.25) is 0 Å². The number of aromatic amines is 1. The van der Waals surface area contributed by atoms with Crippen LogP contribution in [0.3, 0.4) is 0 Å². The summed E-state index contributed by atoms with van der Waals surface area (Å²) in [4.78, 5) is 20.5. The van der Waals surface area contributed by atoms with Gasteiger partial charge in [-0.15, -0.1) is 0 Å². The van der Waals surface area contributed by atoms with E-state index in [0.717, 1.165) is 0 Å². The molecule has 1 aromatic rings. The van der Waals surface area contributed by atoms with E-state index in [0.29, 0.717) is 11.4 Å². The van der Waals surface area contributed by atoms with E-state index in [1.807, 2.05) is 0 Å². The highest BCUT2D eigenvalue weighted by Gasteiger charge is 2.07. The maximum atomic E-state index is 10.2. The van der Waals surface area contributed by atoms with Crippen molar-refractivity contribution in [2.75, 3.05) is 0 Å². The Labute approximate surface area is 73.2 Å². The van der Waals surface area contributed by atoms with Crippen molar-refractivity contribution in [2.45, 2.75) is 12.8 Å². The summed E-state index contributed by atoms with van der Waals surface area (Å²) in [7, 11) is 0. The second-order valence-corrected chi connectivity index (χ2v) is 2.53. The van der Waals surface area contributed by atoms with Crippen molar-refractivity contribution in [1.29, 1.82) is 0 Å². The summed E-state index contributed by atoms with van der Waals surface area (Å²) in [5.74, 6) is -1.97. The molecule has 0 spiro atoms. The molecule has 0 saturated carbocycles. The van der Waals surface area contributed by atoms with E-state index in [2.05, 4.69) is 10.2 Å². The molecule has 0 radical (unpaired) electrons. The van der Waals surface area contributed by atoms with Crippen LogP contribution in [0.25, 0.3) is 0 Å². The van der Waals surface area contributed by atoms with Crippen molar-refractivity contribution in [1.82, 2.24) is 10.2 Å². The van der Waals surface area contributed by atoms with E-state index < -0.39 is 11.9 Å². The number of nitrogens with one attached hydrogen (secondary N) is 1. The topological polar surface area (TPSA) is 103 Å². The molecule has 6 heteroatoms. The minimum atomic E-state index is -0.992. The zero-order valence-electron chi connectivity index (χ0n) is 6.65. The van der Waals surface area contributed by atoms with Gasteiger partial charge in [0, 0.05) is 5.69 Å². The lowest BCUT2D eigenvalue weighted by molar-refractivity contribution is -0.137. The first-order chi connectivity index (χ1) is 6.08. The van der Waals surface area contributed by atoms with E-state index >= 15 is 0 Å². The average molecular weight is 184 g/mol. The number of H-pyrrole nitrogens is 1. The van der Waals surface area contributed by atoms with E-state index in [9.17, 15) is 9.59 Å². The first-order valence-corrected chi connectivity index (χ1v) is 3.54. The number of nitrogens with zero attached hydrogens (tertiary/aromatic N) is 1. The lowest BCUT2D eigenvalue weighted by atomic mass is 10.2. The number of carboxylic acid groups (broad SMARTS) is 2. The molecule has 0 saturated heterocycles. The van der Waals surface area contributed by atoms with Crippen LogP contribution < -0.4 is 0 Å². The molecule has 1 rings (SSSR count). The maximum absolute atomic E-state index is 10.2. The number of carboxylic acids is 2. The molecular weight excluding hydrogens is 176 g/mol. The van der Waals surface area contributed by atoms with Gasteiger partial charge in [-0.05, 0) is 6.07 Å². The highest BCUT2D eigenvalue weighted by atomic mass is 16.4. The lowest BCUT2D eigenvalue weighted by Gasteiger charge is -1.86. The fourth-order valence-corrected chi connectivity index (χ4v) is 0.908. The summed E-state index contributed by atoms with van der Waals surface area (Å²) in [6.07, 6.45) is -0.372. The minimum absolute atomic E-state index is 0.174. The zero-order valence-corrected chi connectivity index (χ0v) is 6.65. The molecule has 13 heavy (non-hydrogen) atoms. The lowest BCUT2D eigenvalue weighted by Crippen LogP contribution is -2.00. The third kappa shape index (κ3) is 2.94. The number of carbonyl (C=O) groups is 2. The third-order valence-electron chi connectivity index (χ3n) is 1.36. The van der Waals surface area contributed by atoms with Crippen LogP contribution >= 0.6 is 0 Å². The van der Waals surface area contributed by atoms with Gasteiger partial charge in [0.05, 0.1) is 18.5 Å². The van der Waals surface area contributed by atoms with Crippen molar-refractivity contribution in [3.63, 3.8) is 0 Å². The van der Waals surface area contributed by atoms with Gasteiger partial charge in [0.25, 0.3) is 0 Å². The van der Waals surface area contributed by atoms with Gasteiger partial charge in [-0.2, -0.15) is 5.10 Å². The summed E-state index contributed by atoms with van der Waals surface area (Å²) >= 11 is 0. The first kappa shape index (κ1) is 9.24. The van der Waals surface area contributed by atoms with Crippen LogP contribution in [-0.2, 0) is 22.4 Å². The highest BCUT2D eigenvalue weighted by molar-refractivity contribution is 5.71. The third-order valence-corrected chi connectivity index (χ3v) is 1.36. The Balaban J connectivity index is 2.63. The number of hydrogen-bond donors (Lipinski definition) is 3. The molecule has 6 nitrogen and oxygen atoms in total. The normalized spacial score (nSPS) is 9.85. The van der Waals surface area contributed by atoms with Gasteiger partial charge in [0.1, 0.15) is 0 Å². The van der Waals surface area contributed by atoms with Crippen LogP contribution in [0.4, 0.5) is 0 Å². The minimum Gasteiger partial charge on any atom is -0.481 e. The van der Waals surface area contributed by atoms with E-state index in [1.165, 1.54) is 6.07 Å². The van der Waals surface area contributed by atoms with E-state index in [4.69, 9.17) is 10.2 Å². The smallest absolute Gasteiger partial charge is 0.309 e. The van der Waals surface area contributed by atoms with Crippen molar-refractivity contribution in [3.05, 3.63) is 17.5 Å². The van der Waals surface area contributed by atoms with Crippen molar-refractivity contribution in [3.8, 4) is 0 Å². The summed E-state index contributed by atoms with van der Waals surface area (Å²) in [6.45, 7) is 0. The molecule has 0 bridgehead atoms. The average Bonchev–Trinajstić information content (AvgIpc) is 2.33. The Kier molecular flexibility index (Phi) is 2.63. The standard InChI is InChI=1S/C7H8N2O4/c10-6(11)2-4-1-5(9-8-4)3-7(12)13/h1H,2-3H2,(H,8,9)(H,10,11)(H,12,13). The monoisotopic (exact) mass is 184 g/mol. The second kappa shape index (κ2) is 3.70. The Morgan fingerprint density at radius 2 is 1.92 bits per heavy atom. The molecule has 3 N–H and O–H groups in total. The SMILES string of the molecule is O=C(O)Cc1cc(CC(=O)O)[nH]n1. The number of aromatic nitrogens is 2. The van der Waals surface area contributed by atoms with Gasteiger partial charge in [-0.1, -0.05) is 0 Å². The molecule has 0 atom stereocenters. The number of aliphatic carboxylic acids is 2. The number of hydrogen-bond acceptors (Lipinski definition) is 3. The quantitative estimate of drug-likeness (QED) is 0.594. The van der Waals surface area contributed by atoms with Crippen molar-refractivity contribution in [2.24, 2.45) is 0 Å². The molecule has 0 aromatic carbocycles. The summed E-state index contributed by atoms with van der Waals surface area (Å²) < 4.78 is 0.